The van der Waals surface area contributed by atoms with Gasteiger partial charge in [0.15, 0.2) is 0 Å². The Bertz CT molecular complexity index is 789. The molecule has 0 aliphatic rings. The molecule has 0 radical (unpaired) electrons. The van der Waals surface area contributed by atoms with E-state index in [1.54, 1.807) is 11.8 Å². The van der Waals surface area contributed by atoms with Gasteiger partial charge in [0.05, 0.1) is 6.42 Å². The van der Waals surface area contributed by atoms with Crippen molar-refractivity contribution in [2.45, 2.75) is 52.6 Å². The molecule has 2 amide bonds. The molecule has 150 valence electrons. The first-order valence-corrected chi connectivity index (χ1v) is 10.6. The van der Waals surface area contributed by atoms with Crippen LogP contribution in [0.25, 0.3) is 0 Å². The molecule has 0 spiro atoms. The van der Waals surface area contributed by atoms with E-state index in [0.29, 0.717) is 13.1 Å². The molecule has 2 aromatic rings. The fourth-order valence-corrected chi connectivity index (χ4v) is 3.27. The number of nitrogens with one attached hydrogen (secondary N) is 1. The molecule has 0 saturated heterocycles. The van der Waals surface area contributed by atoms with Crippen LogP contribution in [0.2, 0.25) is 0 Å². The Morgan fingerprint density at radius 1 is 1.11 bits per heavy atom. The number of hydrogen-bond acceptors (Lipinski definition) is 2. The SMILES string of the molecule is CCCCNC(=O)C(C)N(Cc1ccc(Br)cc1)C(=O)Cc1cccc(C)c1. The highest BCUT2D eigenvalue weighted by Gasteiger charge is 2.26. The topological polar surface area (TPSA) is 49.4 Å². The van der Waals surface area contributed by atoms with E-state index >= 15 is 0 Å². The van der Waals surface area contributed by atoms with Crippen molar-refractivity contribution >= 4 is 27.7 Å². The van der Waals surface area contributed by atoms with Gasteiger partial charge in [-0.15, -0.1) is 0 Å². The highest BCUT2D eigenvalue weighted by atomic mass is 79.9. The van der Waals surface area contributed by atoms with E-state index < -0.39 is 6.04 Å². The van der Waals surface area contributed by atoms with E-state index in [1.807, 2.05) is 55.5 Å². The van der Waals surface area contributed by atoms with Crippen molar-refractivity contribution in [1.29, 1.82) is 0 Å². The van der Waals surface area contributed by atoms with E-state index in [9.17, 15) is 9.59 Å². The van der Waals surface area contributed by atoms with Gasteiger partial charge in [0.1, 0.15) is 6.04 Å². The standard InChI is InChI=1S/C23H29BrN2O2/c1-4-5-13-25-23(28)18(3)26(16-19-9-11-21(24)12-10-19)22(27)15-20-8-6-7-17(2)14-20/h6-12,14,18H,4-5,13,15-16H2,1-3H3,(H,25,28). The van der Waals surface area contributed by atoms with Crippen LogP contribution in [0.5, 0.6) is 0 Å². The maximum absolute atomic E-state index is 13.1. The number of amides is 2. The highest BCUT2D eigenvalue weighted by molar-refractivity contribution is 9.10. The Morgan fingerprint density at radius 3 is 2.46 bits per heavy atom. The average molecular weight is 445 g/mol. The maximum atomic E-state index is 13.1. The predicted molar refractivity (Wildman–Crippen MR) is 117 cm³/mol. The lowest BCUT2D eigenvalue weighted by Gasteiger charge is -2.29. The molecule has 4 nitrogen and oxygen atoms in total. The van der Waals surface area contributed by atoms with Crippen molar-refractivity contribution in [2.24, 2.45) is 0 Å². The number of rotatable bonds is 9. The minimum absolute atomic E-state index is 0.0494. The van der Waals surface area contributed by atoms with Crippen LogP contribution in [0.3, 0.4) is 0 Å². The number of aryl methyl sites for hydroxylation is 1. The number of halogens is 1. The van der Waals surface area contributed by atoms with Gasteiger partial charge < -0.3 is 10.2 Å². The lowest BCUT2D eigenvalue weighted by Crippen LogP contribution is -2.48. The number of nitrogens with zero attached hydrogens (tertiary/aromatic N) is 1. The first-order chi connectivity index (χ1) is 13.4. The molecule has 0 aliphatic carbocycles. The molecule has 28 heavy (non-hydrogen) atoms. The van der Waals surface area contributed by atoms with Gasteiger partial charge in [0.2, 0.25) is 11.8 Å². The van der Waals surface area contributed by atoms with Gasteiger partial charge >= 0.3 is 0 Å². The zero-order chi connectivity index (χ0) is 20.5. The van der Waals surface area contributed by atoms with E-state index in [2.05, 4.69) is 28.2 Å². The first kappa shape index (κ1) is 22.2. The molecule has 2 rings (SSSR count). The quantitative estimate of drug-likeness (QED) is 0.572. The van der Waals surface area contributed by atoms with Crippen molar-refractivity contribution in [1.82, 2.24) is 10.2 Å². The third-order valence-electron chi connectivity index (χ3n) is 4.70. The van der Waals surface area contributed by atoms with Crippen LogP contribution in [0.15, 0.2) is 53.0 Å². The van der Waals surface area contributed by atoms with Crippen molar-refractivity contribution in [3.8, 4) is 0 Å². The number of hydrogen-bond donors (Lipinski definition) is 1. The summed E-state index contributed by atoms with van der Waals surface area (Å²) in [5.41, 5.74) is 3.08. The van der Waals surface area contributed by atoms with Crippen LogP contribution in [0.1, 0.15) is 43.4 Å². The minimum Gasteiger partial charge on any atom is -0.354 e. The summed E-state index contributed by atoms with van der Waals surface area (Å²) >= 11 is 3.43. The Hall–Kier alpha value is -2.14. The Morgan fingerprint density at radius 2 is 1.82 bits per heavy atom. The summed E-state index contributed by atoms with van der Waals surface area (Å²) in [5.74, 6) is -0.158. The van der Waals surface area contributed by atoms with Gasteiger partial charge in [-0.1, -0.05) is 71.2 Å². The Balaban J connectivity index is 2.17. The summed E-state index contributed by atoms with van der Waals surface area (Å²) in [7, 11) is 0. The zero-order valence-electron chi connectivity index (χ0n) is 16.9. The van der Waals surface area contributed by atoms with Gasteiger partial charge in [0.25, 0.3) is 0 Å². The van der Waals surface area contributed by atoms with Crippen molar-refractivity contribution in [3.05, 3.63) is 69.7 Å². The molecular formula is C23H29BrN2O2. The lowest BCUT2D eigenvalue weighted by molar-refractivity contribution is -0.140. The summed E-state index contributed by atoms with van der Waals surface area (Å²) in [6.07, 6.45) is 2.23. The average Bonchev–Trinajstić information content (AvgIpc) is 2.67. The Kier molecular flexibility index (Phi) is 8.71. The van der Waals surface area contributed by atoms with Crippen LogP contribution in [0, 0.1) is 6.92 Å². The predicted octanol–water partition coefficient (Wildman–Crippen LogP) is 4.63. The molecule has 0 heterocycles. The van der Waals surface area contributed by atoms with E-state index in [0.717, 1.165) is 34.0 Å². The molecule has 1 unspecified atom stereocenters. The molecule has 0 aliphatic heterocycles. The van der Waals surface area contributed by atoms with Gasteiger partial charge in [-0.05, 0) is 43.5 Å². The molecular weight excluding hydrogens is 416 g/mol. The summed E-state index contributed by atoms with van der Waals surface area (Å²) < 4.78 is 0.985. The molecule has 0 saturated carbocycles. The molecule has 1 atom stereocenters. The number of carbonyl (C=O) groups is 2. The van der Waals surface area contributed by atoms with Crippen molar-refractivity contribution in [2.75, 3.05) is 6.54 Å². The minimum atomic E-state index is -0.530. The van der Waals surface area contributed by atoms with Crippen LogP contribution < -0.4 is 5.32 Å². The molecule has 0 bridgehead atoms. The normalized spacial score (nSPS) is 11.7. The van der Waals surface area contributed by atoms with Gasteiger partial charge in [-0.3, -0.25) is 9.59 Å². The molecule has 2 aromatic carbocycles. The second kappa shape index (κ2) is 11.0. The molecule has 5 heteroatoms. The van der Waals surface area contributed by atoms with Gasteiger partial charge in [0, 0.05) is 17.6 Å². The molecule has 0 fully saturated rings. The lowest BCUT2D eigenvalue weighted by atomic mass is 10.1. The van der Waals surface area contributed by atoms with E-state index in [-0.39, 0.29) is 18.2 Å². The summed E-state index contributed by atoms with van der Waals surface area (Å²) in [5, 5.41) is 2.95. The zero-order valence-corrected chi connectivity index (χ0v) is 18.5. The second-order valence-electron chi connectivity index (χ2n) is 7.13. The van der Waals surface area contributed by atoms with Crippen LogP contribution in [-0.2, 0) is 22.6 Å². The van der Waals surface area contributed by atoms with E-state index in [1.165, 1.54) is 0 Å². The monoisotopic (exact) mass is 444 g/mol. The number of unbranched alkanes of at least 4 members (excludes halogenated alkanes) is 1. The van der Waals surface area contributed by atoms with Crippen LogP contribution >= 0.6 is 15.9 Å². The maximum Gasteiger partial charge on any atom is 0.242 e. The van der Waals surface area contributed by atoms with Crippen molar-refractivity contribution in [3.63, 3.8) is 0 Å². The third kappa shape index (κ3) is 6.79. The smallest absolute Gasteiger partial charge is 0.242 e. The van der Waals surface area contributed by atoms with Crippen LogP contribution in [0.4, 0.5) is 0 Å². The number of carbonyl (C=O) groups excluding carboxylic acids is 2. The third-order valence-corrected chi connectivity index (χ3v) is 5.23. The first-order valence-electron chi connectivity index (χ1n) is 9.78. The highest BCUT2D eigenvalue weighted by Crippen LogP contribution is 2.16. The van der Waals surface area contributed by atoms with Crippen LogP contribution in [-0.4, -0.2) is 29.3 Å². The fraction of sp³-hybridized carbons (Fsp3) is 0.391. The largest absolute Gasteiger partial charge is 0.354 e. The Labute approximate surface area is 176 Å². The summed E-state index contributed by atoms with van der Waals surface area (Å²) in [6.45, 7) is 6.94. The second-order valence-corrected chi connectivity index (χ2v) is 8.05. The van der Waals surface area contributed by atoms with Gasteiger partial charge in [-0.2, -0.15) is 0 Å². The fourth-order valence-electron chi connectivity index (χ4n) is 3.00. The molecule has 0 aromatic heterocycles. The van der Waals surface area contributed by atoms with Gasteiger partial charge in [-0.25, -0.2) is 0 Å². The van der Waals surface area contributed by atoms with Crippen molar-refractivity contribution < 1.29 is 9.59 Å². The summed E-state index contributed by atoms with van der Waals surface area (Å²) in [4.78, 5) is 27.4. The number of benzene rings is 2. The summed E-state index contributed by atoms with van der Waals surface area (Å²) in [6, 6.07) is 15.2. The van der Waals surface area contributed by atoms with E-state index in [4.69, 9.17) is 0 Å². The molecule has 1 N–H and O–H groups in total.